The Labute approximate surface area is 214 Å². The summed E-state index contributed by atoms with van der Waals surface area (Å²) in [5.74, 6) is -4.82. The van der Waals surface area contributed by atoms with E-state index in [0.29, 0.717) is 11.1 Å². The fraction of sp³-hybridized carbons (Fsp3) is 0. The third-order valence-corrected chi connectivity index (χ3v) is 4.45. The number of azo groups is 1. The zero-order valence-corrected chi connectivity index (χ0v) is 19.7. The Hall–Kier alpha value is -3.99. The second-order valence-electron chi connectivity index (χ2n) is 6.70. The average molecular weight is 471 g/mol. The van der Waals surface area contributed by atoms with Crippen molar-refractivity contribution < 1.29 is 69.5 Å². The zero-order chi connectivity index (χ0) is 24.1. The second-order valence-corrected chi connectivity index (χ2v) is 6.70. The Kier molecular flexibility index (Phi) is 8.68. The molecule has 166 valence electrons. The third kappa shape index (κ3) is 6.29. The van der Waals surface area contributed by atoms with E-state index in [9.17, 15) is 34.8 Å². The molecule has 0 aromatic heterocycles. The number of aromatic hydroxyl groups is 2. The number of hydrogen-bond acceptors (Lipinski definition) is 7. The Morgan fingerprint density at radius 3 is 1.94 bits per heavy atom. The topological polar surface area (TPSA) is 177 Å². The molecule has 11 heteroatoms. The molecule has 0 aliphatic carbocycles. The van der Waals surface area contributed by atoms with E-state index in [4.69, 9.17) is 5.11 Å². The summed E-state index contributed by atoms with van der Waals surface area (Å²) >= 11 is 0. The predicted molar refractivity (Wildman–Crippen MR) is 117 cm³/mol. The molecule has 0 saturated carbocycles. The van der Waals surface area contributed by atoms with E-state index < -0.39 is 40.7 Å². The van der Waals surface area contributed by atoms with Gasteiger partial charge in [0.1, 0.15) is 17.2 Å². The van der Waals surface area contributed by atoms with Crippen molar-refractivity contribution in [3.05, 3.63) is 82.4 Å². The van der Waals surface area contributed by atoms with Gasteiger partial charge < -0.3 is 25.5 Å². The van der Waals surface area contributed by atoms with E-state index >= 15 is 0 Å². The molecule has 3 aromatic carbocycles. The first-order valence-electron chi connectivity index (χ1n) is 9.25. The maximum atomic E-state index is 11.7. The number of aromatic carboxylic acids is 3. The number of benzene rings is 3. The summed E-state index contributed by atoms with van der Waals surface area (Å²) in [5, 5.41) is 54.6. The molecular formula is C23H16N2NaO8+. The molecule has 0 aliphatic rings. The number of nitrogens with zero attached hydrogens (tertiary/aromatic N) is 2. The Bertz CT molecular complexity index is 1320. The van der Waals surface area contributed by atoms with E-state index in [1.165, 1.54) is 36.4 Å². The molecule has 0 fully saturated rings. The second kappa shape index (κ2) is 11.2. The molecule has 0 radical (unpaired) electrons. The van der Waals surface area contributed by atoms with Crippen LogP contribution in [0.4, 0.5) is 11.4 Å². The number of carboxylic acids is 3. The number of carbonyl (C=O) groups is 3. The Morgan fingerprint density at radius 2 is 1.35 bits per heavy atom. The van der Waals surface area contributed by atoms with Crippen LogP contribution >= 0.6 is 0 Å². The number of phenolic OH excluding ortho intramolecular Hbond substituents is 2. The standard InChI is InChI=1S/C23H16N2O8.Na/c26-16-10-18(23(32)33)20(19(27)11-16)25-24-15-8-7-13(17(9-15)22(30)31)4-1-12-2-5-14(6-3-12)21(28)29;/h1-11,26-27H,(H,28,29)(H,30,31)(H,32,33);/q;+1/b4-1+,25-24?;. The molecule has 0 aliphatic heterocycles. The molecule has 0 bridgehead atoms. The average Bonchev–Trinajstić information content (AvgIpc) is 2.77. The van der Waals surface area contributed by atoms with Crippen LogP contribution in [0.1, 0.15) is 42.2 Å². The maximum absolute atomic E-state index is 11.7. The van der Waals surface area contributed by atoms with Crippen molar-refractivity contribution in [2.24, 2.45) is 10.2 Å². The van der Waals surface area contributed by atoms with Gasteiger partial charge in [0, 0.05) is 6.07 Å². The summed E-state index contributed by atoms with van der Waals surface area (Å²) in [7, 11) is 0. The van der Waals surface area contributed by atoms with Crippen molar-refractivity contribution in [2.75, 3.05) is 0 Å². The molecule has 3 rings (SSSR count). The largest absolute Gasteiger partial charge is 1.00 e. The molecule has 3 aromatic rings. The van der Waals surface area contributed by atoms with Crippen LogP contribution in [0, 0.1) is 0 Å². The van der Waals surface area contributed by atoms with Crippen molar-refractivity contribution >= 4 is 41.4 Å². The van der Waals surface area contributed by atoms with E-state index in [1.807, 2.05) is 0 Å². The zero-order valence-electron chi connectivity index (χ0n) is 17.7. The van der Waals surface area contributed by atoms with Crippen LogP contribution in [0.5, 0.6) is 11.5 Å². The Morgan fingerprint density at radius 1 is 0.706 bits per heavy atom. The van der Waals surface area contributed by atoms with Crippen molar-refractivity contribution in [3.63, 3.8) is 0 Å². The van der Waals surface area contributed by atoms with E-state index in [-0.39, 0.29) is 46.4 Å². The molecule has 0 saturated heterocycles. The predicted octanol–water partition coefficient (Wildman–Crippen LogP) is 1.78. The number of carboxylic acid groups (broad SMARTS) is 3. The van der Waals surface area contributed by atoms with Gasteiger partial charge in [-0.15, -0.1) is 5.11 Å². The van der Waals surface area contributed by atoms with Gasteiger partial charge in [-0.1, -0.05) is 30.4 Å². The molecule has 0 unspecified atom stereocenters. The van der Waals surface area contributed by atoms with Crippen molar-refractivity contribution in [2.45, 2.75) is 0 Å². The van der Waals surface area contributed by atoms with Gasteiger partial charge in [-0.2, -0.15) is 5.11 Å². The summed E-state index contributed by atoms with van der Waals surface area (Å²) in [6.07, 6.45) is 3.15. The minimum atomic E-state index is -1.45. The SMILES string of the molecule is O=C(O)c1ccc(/C=C/c2ccc(N=Nc3c(O)cc(O)cc3C(=O)O)cc2C(=O)O)cc1.[Na+]. The van der Waals surface area contributed by atoms with Gasteiger partial charge in [0.25, 0.3) is 0 Å². The monoisotopic (exact) mass is 471 g/mol. The Balaban J connectivity index is 0.00000408. The third-order valence-electron chi connectivity index (χ3n) is 4.45. The molecule has 10 nitrogen and oxygen atoms in total. The molecular weight excluding hydrogens is 455 g/mol. The smallest absolute Gasteiger partial charge is 0.508 e. The van der Waals surface area contributed by atoms with Gasteiger partial charge in [-0.25, -0.2) is 14.4 Å². The first kappa shape index (κ1) is 26.3. The summed E-state index contributed by atoms with van der Waals surface area (Å²) < 4.78 is 0. The van der Waals surface area contributed by atoms with Gasteiger partial charge in [0.05, 0.1) is 22.4 Å². The van der Waals surface area contributed by atoms with Crippen LogP contribution in [0.25, 0.3) is 12.2 Å². The van der Waals surface area contributed by atoms with E-state index in [0.717, 1.165) is 12.1 Å². The van der Waals surface area contributed by atoms with Crippen LogP contribution < -0.4 is 29.6 Å². The van der Waals surface area contributed by atoms with Crippen molar-refractivity contribution in [1.29, 1.82) is 0 Å². The molecule has 0 atom stereocenters. The number of phenols is 2. The van der Waals surface area contributed by atoms with Gasteiger partial charge in [-0.3, -0.25) is 0 Å². The minimum absolute atomic E-state index is 0. The molecule has 5 N–H and O–H groups in total. The fourth-order valence-electron chi connectivity index (χ4n) is 2.84. The number of rotatable bonds is 7. The van der Waals surface area contributed by atoms with E-state index in [1.54, 1.807) is 18.2 Å². The van der Waals surface area contributed by atoms with Gasteiger partial charge in [0.2, 0.25) is 0 Å². The number of hydrogen-bond donors (Lipinski definition) is 5. The minimum Gasteiger partial charge on any atom is -0.508 e. The van der Waals surface area contributed by atoms with Crippen LogP contribution in [-0.4, -0.2) is 43.4 Å². The normalized spacial score (nSPS) is 10.8. The van der Waals surface area contributed by atoms with Crippen molar-refractivity contribution in [3.8, 4) is 11.5 Å². The first-order valence-corrected chi connectivity index (χ1v) is 9.25. The van der Waals surface area contributed by atoms with Gasteiger partial charge in [-0.05, 0) is 41.5 Å². The van der Waals surface area contributed by atoms with E-state index in [2.05, 4.69) is 10.2 Å². The molecule has 0 amide bonds. The van der Waals surface area contributed by atoms with Crippen molar-refractivity contribution in [1.82, 2.24) is 0 Å². The van der Waals surface area contributed by atoms with Crippen LogP contribution in [0.15, 0.2) is 64.8 Å². The van der Waals surface area contributed by atoms with Gasteiger partial charge in [0.15, 0.2) is 0 Å². The fourth-order valence-corrected chi connectivity index (χ4v) is 2.84. The van der Waals surface area contributed by atoms with Crippen LogP contribution in [0.2, 0.25) is 0 Å². The van der Waals surface area contributed by atoms with Crippen LogP contribution in [0.3, 0.4) is 0 Å². The summed E-state index contributed by atoms with van der Waals surface area (Å²) in [5.41, 5.74) is 0.205. The molecule has 0 heterocycles. The van der Waals surface area contributed by atoms with Gasteiger partial charge >= 0.3 is 47.5 Å². The summed E-state index contributed by atoms with van der Waals surface area (Å²) in [6, 6.07) is 11.9. The summed E-state index contributed by atoms with van der Waals surface area (Å²) in [6.45, 7) is 0. The first-order chi connectivity index (χ1) is 15.7. The molecule has 34 heavy (non-hydrogen) atoms. The van der Waals surface area contributed by atoms with Crippen LogP contribution in [-0.2, 0) is 0 Å². The summed E-state index contributed by atoms with van der Waals surface area (Å²) in [4.78, 5) is 33.9. The maximum Gasteiger partial charge on any atom is 1.00 e. The molecule has 0 spiro atoms. The quantitative estimate of drug-likeness (QED) is 0.197.